The SMILES string of the molecule is CCNC(=NCC(C)c1ccsc1)NCC(c1ccc(OC)cc1)N1CCOCC1.I. The minimum atomic E-state index is 0. The van der Waals surface area contributed by atoms with E-state index in [2.05, 4.69) is 58.3 Å². The molecule has 0 amide bonds. The molecule has 172 valence electrons. The maximum absolute atomic E-state index is 5.57. The molecule has 1 aromatic carbocycles. The lowest BCUT2D eigenvalue weighted by Gasteiger charge is -2.35. The van der Waals surface area contributed by atoms with Gasteiger partial charge >= 0.3 is 0 Å². The second-order valence-corrected chi connectivity index (χ2v) is 8.28. The Morgan fingerprint density at radius 3 is 2.52 bits per heavy atom. The first kappa shape index (κ1) is 25.9. The summed E-state index contributed by atoms with van der Waals surface area (Å²) in [6.07, 6.45) is 0. The molecule has 1 aliphatic heterocycles. The summed E-state index contributed by atoms with van der Waals surface area (Å²) in [5, 5.41) is 11.3. The van der Waals surface area contributed by atoms with Crippen LogP contribution < -0.4 is 15.4 Å². The van der Waals surface area contributed by atoms with Gasteiger partial charge in [-0.1, -0.05) is 19.1 Å². The Kier molecular flexibility index (Phi) is 11.6. The Morgan fingerprint density at radius 1 is 1.16 bits per heavy atom. The van der Waals surface area contributed by atoms with E-state index >= 15 is 0 Å². The molecule has 3 rings (SSSR count). The zero-order valence-electron chi connectivity index (χ0n) is 18.7. The highest BCUT2D eigenvalue weighted by Gasteiger charge is 2.23. The van der Waals surface area contributed by atoms with Crippen molar-refractivity contribution in [2.45, 2.75) is 25.8 Å². The number of rotatable bonds is 9. The van der Waals surface area contributed by atoms with E-state index in [9.17, 15) is 0 Å². The van der Waals surface area contributed by atoms with Crippen LogP contribution in [0.15, 0.2) is 46.1 Å². The number of hydrogen-bond acceptors (Lipinski definition) is 5. The van der Waals surface area contributed by atoms with Gasteiger partial charge in [-0.15, -0.1) is 24.0 Å². The first-order chi connectivity index (χ1) is 14.7. The van der Waals surface area contributed by atoms with E-state index in [0.29, 0.717) is 5.92 Å². The second-order valence-electron chi connectivity index (χ2n) is 7.50. The van der Waals surface area contributed by atoms with Crippen molar-refractivity contribution in [3.05, 3.63) is 52.2 Å². The van der Waals surface area contributed by atoms with Crippen molar-refractivity contribution in [2.24, 2.45) is 4.99 Å². The summed E-state index contributed by atoms with van der Waals surface area (Å²) in [4.78, 5) is 7.33. The number of methoxy groups -OCH3 is 1. The fourth-order valence-corrected chi connectivity index (χ4v) is 4.38. The number of thiophene rings is 1. The maximum Gasteiger partial charge on any atom is 0.191 e. The Balaban J connectivity index is 0.00000341. The van der Waals surface area contributed by atoms with Crippen molar-refractivity contribution in [3.63, 3.8) is 0 Å². The van der Waals surface area contributed by atoms with Gasteiger partial charge in [0.1, 0.15) is 5.75 Å². The van der Waals surface area contributed by atoms with Gasteiger partial charge in [-0.05, 0) is 47.0 Å². The molecule has 1 saturated heterocycles. The highest BCUT2D eigenvalue weighted by atomic mass is 127. The number of guanidine groups is 1. The third-order valence-corrected chi connectivity index (χ3v) is 6.13. The number of morpholine rings is 1. The van der Waals surface area contributed by atoms with Crippen LogP contribution in [-0.2, 0) is 4.74 Å². The van der Waals surface area contributed by atoms with Gasteiger partial charge in [0.25, 0.3) is 0 Å². The average molecular weight is 559 g/mol. The van der Waals surface area contributed by atoms with E-state index in [1.165, 1.54) is 11.1 Å². The molecule has 31 heavy (non-hydrogen) atoms. The highest BCUT2D eigenvalue weighted by molar-refractivity contribution is 14.0. The van der Waals surface area contributed by atoms with Gasteiger partial charge < -0.3 is 20.1 Å². The molecular formula is C23H35IN4O2S. The van der Waals surface area contributed by atoms with Crippen molar-refractivity contribution in [2.75, 3.05) is 53.0 Å². The van der Waals surface area contributed by atoms with Crippen LogP contribution in [0.25, 0.3) is 0 Å². The van der Waals surface area contributed by atoms with Crippen LogP contribution in [0.1, 0.15) is 36.9 Å². The van der Waals surface area contributed by atoms with E-state index in [1.54, 1.807) is 18.4 Å². The van der Waals surface area contributed by atoms with Gasteiger partial charge in [0.05, 0.1) is 26.4 Å². The third-order valence-electron chi connectivity index (χ3n) is 5.43. The van der Waals surface area contributed by atoms with Crippen LogP contribution in [0.3, 0.4) is 0 Å². The van der Waals surface area contributed by atoms with E-state index in [0.717, 1.165) is 57.6 Å². The summed E-state index contributed by atoms with van der Waals surface area (Å²) in [6, 6.07) is 10.8. The second kappa shape index (κ2) is 13.9. The topological polar surface area (TPSA) is 58.1 Å². The fourth-order valence-electron chi connectivity index (χ4n) is 3.60. The smallest absolute Gasteiger partial charge is 0.191 e. The van der Waals surface area contributed by atoms with Gasteiger partial charge in [-0.2, -0.15) is 11.3 Å². The predicted octanol–water partition coefficient (Wildman–Crippen LogP) is 4.11. The quantitative estimate of drug-likeness (QED) is 0.276. The first-order valence-electron chi connectivity index (χ1n) is 10.7. The molecule has 0 aliphatic carbocycles. The zero-order valence-corrected chi connectivity index (χ0v) is 21.8. The summed E-state index contributed by atoms with van der Waals surface area (Å²) in [7, 11) is 1.70. The number of nitrogens with zero attached hydrogens (tertiary/aromatic N) is 2. The third kappa shape index (κ3) is 7.93. The minimum Gasteiger partial charge on any atom is -0.497 e. The van der Waals surface area contributed by atoms with E-state index in [-0.39, 0.29) is 30.0 Å². The molecule has 0 spiro atoms. The van der Waals surface area contributed by atoms with Crippen LogP contribution >= 0.6 is 35.3 Å². The lowest BCUT2D eigenvalue weighted by molar-refractivity contribution is 0.0170. The Bertz CT molecular complexity index is 764. The number of hydrogen-bond donors (Lipinski definition) is 2. The lowest BCUT2D eigenvalue weighted by Crippen LogP contribution is -2.46. The van der Waals surface area contributed by atoms with Gasteiger partial charge in [0.15, 0.2) is 5.96 Å². The maximum atomic E-state index is 5.57. The van der Waals surface area contributed by atoms with Gasteiger partial charge in [0, 0.05) is 38.6 Å². The summed E-state index contributed by atoms with van der Waals surface area (Å²) < 4.78 is 10.9. The molecule has 8 heteroatoms. The van der Waals surface area contributed by atoms with Crippen molar-refractivity contribution >= 4 is 41.3 Å². The number of aliphatic imine (C=N–C) groups is 1. The van der Waals surface area contributed by atoms with Crippen LogP contribution in [0, 0.1) is 0 Å². The molecule has 0 radical (unpaired) electrons. The van der Waals surface area contributed by atoms with Crippen LogP contribution in [-0.4, -0.2) is 63.9 Å². The van der Waals surface area contributed by atoms with Gasteiger partial charge in [-0.3, -0.25) is 9.89 Å². The van der Waals surface area contributed by atoms with Crippen LogP contribution in [0.2, 0.25) is 0 Å². The molecule has 1 aromatic heterocycles. The molecule has 0 bridgehead atoms. The number of nitrogens with one attached hydrogen (secondary N) is 2. The monoisotopic (exact) mass is 558 g/mol. The van der Waals surface area contributed by atoms with Gasteiger partial charge in [-0.25, -0.2) is 0 Å². The molecule has 2 aromatic rings. The Labute approximate surface area is 207 Å². The van der Waals surface area contributed by atoms with Crippen molar-refractivity contribution in [1.29, 1.82) is 0 Å². The lowest BCUT2D eigenvalue weighted by atomic mass is 10.0. The molecule has 1 fully saturated rings. The molecular weight excluding hydrogens is 523 g/mol. The van der Waals surface area contributed by atoms with Crippen molar-refractivity contribution < 1.29 is 9.47 Å². The number of ether oxygens (including phenoxy) is 2. The van der Waals surface area contributed by atoms with Gasteiger partial charge in [0.2, 0.25) is 0 Å². The fraction of sp³-hybridized carbons (Fsp3) is 0.522. The summed E-state index contributed by atoms with van der Waals surface area (Å²) in [5.74, 6) is 2.15. The average Bonchev–Trinajstić information content (AvgIpc) is 3.33. The molecule has 1 aliphatic rings. The van der Waals surface area contributed by atoms with E-state index in [1.807, 2.05) is 12.1 Å². The van der Waals surface area contributed by atoms with E-state index < -0.39 is 0 Å². The minimum absolute atomic E-state index is 0. The highest BCUT2D eigenvalue weighted by Crippen LogP contribution is 2.24. The molecule has 2 atom stereocenters. The number of halogens is 1. The molecule has 2 unspecified atom stereocenters. The van der Waals surface area contributed by atoms with Crippen molar-refractivity contribution in [3.8, 4) is 5.75 Å². The summed E-state index contributed by atoms with van der Waals surface area (Å²) in [5.41, 5.74) is 2.62. The standard InChI is InChI=1S/C23H34N4O2S.HI/c1-4-24-23(25-15-18(2)20-9-14-30-17-20)26-16-22(27-10-12-29-13-11-27)19-5-7-21(28-3)8-6-19;/h5-9,14,17-18,22H,4,10-13,15-16H2,1-3H3,(H2,24,25,26);1H. The summed E-state index contributed by atoms with van der Waals surface area (Å²) >= 11 is 1.74. The molecule has 6 nitrogen and oxygen atoms in total. The summed E-state index contributed by atoms with van der Waals surface area (Å²) in [6.45, 7) is 10.1. The Hall–Kier alpha value is -1.36. The Morgan fingerprint density at radius 2 is 1.90 bits per heavy atom. The van der Waals surface area contributed by atoms with E-state index in [4.69, 9.17) is 14.5 Å². The normalized spacial score (nSPS) is 16.8. The molecule has 2 N–H and O–H groups in total. The first-order valence-corrected chi connectivity index (χ1v) is 11.7. The molecule has 2 heterocycles. The zero-order chi connectivity index (χ0) is 21.2. The molecule has 0 saturated carbocycles. The predicted molar refractivity (Wildman–Crippen MR) is 140 cm³/mol. The van der Waals surface area contributed by atoms with Crippen LogP contribution in [0.4, 0.5) is 0 Å². The largest absolute Gasteiger partial charge is 0.497 e. The number of benzene rings is 1. The van der Waals surface area contributed by atoms with Crippen LogP contribution in [0.5, 0.6) is 5.75 Å². The van der Waals surface area contributed by atoms with Crippen molar-refractivity contribution in [1.82, 2.24) is 15.5 Å².